The fourth-order valence-electron chi connectivity index (χ4n) is 3.55. The second-order valence-electron chi connectivity index (χ2n) is 7.27. The number of piperidine rings is 1. The third-order valence-electron chi connectivity index (χ3n) is 5.27. The van der Waals surface area contributed by atoms with E-state index in [1.54, 1.807) is 31.2 Å². The van der Waals surface area contributed by atoms with Crippen LogP contribution in [0.5, 0.6) is 0 Å². The van der Waals surface area contributed by atoms with Gasteiger partial charge in [0.05, 0.1) is 17.0 Å². The molecule has 2 aromatic rings. The molecule has 0 unspecified atom stereocenters. The highest BCUT2D eigenvalue weighted by molar-refractivity contribution is 7.89. The van der Waals surface area contributed by atoms with Crippen molar-refractivity contribution in [3.05, 3.63) is 64.7 Å². The lowest BCUT2D eigenvalue weighted by Crippen LogP contribution is -2.39. The summed E-state index contributed by atoms with van der Waals surface area (Å²) in [5, 5.41) is 2.87. The molecule has 0 saturated carbocycles. The molecule has 1 fully saturated rings. The molecule has 0 atom stereocenters. The Labute approximate surface area is 171 Å². The van der Waals surface area contributed by atoms with Crippen LogP contribution in [-0.4, -0.2) is 42.5 Å². The van der Waals surface area contributed by atoms with Gasteiger partial charge < -0.3 is 5.32 Å². The summed E-state index contributed by atoms with van der Waals surface area (Å²) >= 11 is 0. The highest BCUT2D eigenvalue weighted by atomic mass is 32.2. The van der Waals surface area contributed by atoms with E-state index in [-0.39, 0.29) is 23.4 Å². The summed E-state index contributed by atoms with van der Waals surface area (Å²) in [5.41, 5.74) is 2.85. The highest BCUT2D eigenvalue weighted by Gasteiger charge is 2.30. The lowest BCUT2D eigenvalue weighted by Gasteiger charge is -2.31. The van der Waals surface area contributed by atoms with Gasteiger partial charge in [-0.2, -0.15) is 0 Å². The van der Waals surface area contributed by atoms with Crippen LogP contribution in [0.15, 0.2) is 36.4 Å². The first-order valence-electron chi connectivity index (χ1n) is 9.78. The normalized spacial score (nSPS) is 16.0. The Balaban J connectivity index is 1.72. The van der Waals surface area contributed by atoms with E-state index < -0.39 is 10.0 Å². The second kappa shape index (κ2) is 9.00. The van der Waals surface area contributed by atoms with Gasteiger partial charge in [0, 0.05) is 31.2 Å². The third kappa shape index (κ3) is 5.19. The van der Waals surface area contributed by atoms with Gasteiger partial charge in [0.2, 0.25) is 10.0 Å². The van der Waals surface area contributed by atoms with Crippen molar-refractivity contribution in [2.75, 3.05) is 18.8 Å². The van der Waals surface area contributed by atoms with Crippen LogP contribution in [0, 0.1) is 12.7 Å². The third-order valence-corrected chi connectivity index (χ3v) is 7.16. The van der Waals surface area contributed by atoms with Gasteiger partial charge in [0.25, 0.3) is 5.91 Å². The van der Waals surface area contributed by atoms with Crippen LogP contribution in [0.1, 0.15) is 53.0 Å². The van der Waals surface area contributed by atoms with Gasteiger partial charge in [-0.1, -0.05) is 12.1 Å². The van der Waals surface area contributed by atoms with Crippen molar-refractivity contribution in [2.24, 2.45) is 0 Å². The summed E-state index contributed by atoms with van der Waals surface area (Å²) in [5.74, 6) is -0.427. The lowest BCUT2D eigenvalue weighted by atomic mass is 9.90. The SMILES string of the molecule is CCS(=O)(=O)N1CCC(c2nc(C)ccc2C(=O)NCc2ccc(F)cc2)CC1. The van der Waals surface area contributed by atoms with E-state index >= 15 is 0 Å². The predicted octanol–water partition coefficient (Wildman–Crippen LogP) is 2.99. The van der Waals surface area contributed by atoms with Crippen LogP contribution in [0.2, 0.25) is 0 Å². The van der Waals surface area contributed by atoms with Crippen molar-refractivity contribution in [2.45, 2.75) is 39.2 Å². The summed E-state index contributed by atoms with van der Waals surface area (Å²) in [7, 11) is -3.20. The maximum Gasteiger partial charge on any atom is 0.253 e. The Bertz CT molecular complexity index is 969. The van der Waals surface area contributed by atoms with Gasteiger partial charge in [-0.15, -0.1) is 0 Å². The Morgan fingerprint density at radius 3 is 2.45 bits per heavy atom. The van der Waals surface area contributed by atoms with Crippen LogP contribution >= 0.6 is 0 Å². The summed E-state index contributed by atoms with van der Waals surface area (Å²) in [6, 6.07) is 9.55. The molecule has 6 nitrogen and oxygen atoms in total. The Kier molecular flexibility index (Phi) is 6.64. The van der Waals surface area contributed by atoms with Crippen molar-refractivity contribution in [3.8, 4) is 0 Å². The number of benzene rings is 1. The van der Waals surface area contributed by atoms with Gasteiger partial charge >= 0.3 is 0 Å². The van der Waals surface area contributed by atoms with Gasteiger partial charge in [0.15, 0.2) is 0 Å². The molecule has 1 amide bonds. The number of pyridine rings is 1. The number of halogens is 1. The average Bonchev–Trinajstić information content (AvgIpc) is 2.73. The molecule has 1 aromatic carbocycles. The van der Waals surface area contributed by atoms with Crippen LogP contribution < -0.4 is 5.32 Å². The van der Waals surface area contributed by atoms with Crippen molar-refractivity contribution < 1.29 is 17.6 Å². The molecule has 0 aliphatic carbocycles. The molecule has 3 rings (SSSR count). The van der Waals surface area contributed by atoms with Crippen LogP contribution in [0.25, 0.3) is 0 Å². The van der Waals surface area contributed by atoms with E-state index in [2.05, 4.69) is 10.3 Å². The molecule has 1 aliphatic rings. The first-order valence-corrected chi connectivity index (χ1v) is 11.4. The van der Waals surface area contributed by atoms with Crippen LogP contribution in [0.3, 0.4) is 0 Å². The zero-order chi connectivity index (χ0) is 21.0. The first-order chi connectivity index (χ1) is 13.8. The number of hydrogen-bond donors (Lipinski definition) is 1. The topological polar surface area (TPSA) is 79.4 Å². The molecule has 0 spiro atoms. The monoisotopic (exact) mass is 419 g/mol. The molecular weight excluding hydrogens is 393 g/mol. The Morgan fingerprint density at radius 1 is 1.17 bits per heavy atom. The molecule has 1 saturated heterocycles. The lowest BCUT2D eigenvalue weighted by molar-refractivity contribution is 0.0948. The zero-order valence-corrected chi connectivity index (χ0v) is 17.5. The van der Waals surface area contributed by atoms with Gasteiger partial charge in [-0.25, -0.2) is 17.1 Å². The number of nitrogens with zero attached hydrogens (tertiary/aromatic N) is 2. The summed E-state index contributed by atoms with van der Waals surface area (Å²) in [6.07, 6.45) is 1.27. The number of carbonyl (C=O) groups excluding carboxylic acids is 1. The van der Waals surface area contributed by atoms with E-state index in [1.165, 1.54) is 16.4 Å². The minimum atomic E-state index is -3.20. The number of carbonyl (C=O) groups is 1. The first kappa shape index (κ1) is 21.4. The van der Waals surface area contributed by atoms with E-state index in [0.29, 0.717) is 38.0 Å². The Morgan fingerprint density at radius 2 is 1.83 bits per heavy atom. The average molecular weight is 420 g/mol. The smallest absolute Gasteiger partial charge is 0.253 e. The summed E-state index contributed by atoms with van der Waals surface area (Å²) in [4.78, 5) is 17.4. The molecule has 29 heavy (non-hydrogen) atoms. The van der Waals surface area contributed by atoms with Gasteiger partial charge in [-0.05, 0) is 56.5 Å². The Hall–Kier alpha value is -2.32. The van der Waals surface area contributed by atoms with E-state index in [0.717, 1.165) is 17.0 Å². The highest BCUT2D eigenvalue weighted by Crippen LogP contribution is 2.30. The molecule has 0 radical (unpaired) electrons. The van der Waals surface area contributed by atoms with Crippen molar-refractivity contribution >= 4 is 15.9 Å². The van der Waals surface area contributed by atoms with Crippen LogP contribution in [-0.2, 0) is 16.6 Å². The molecule has 156 valence electrons. The fraction of sp³-hybridized carbons (Fsp3) is 0.429. The van der Waals surface area contributed by atoms with Crippen molar-refractivity contribution in [3.63, 3.8) is 0 Å². The standard InChI is InChI=1S/C21H26FN3O3S/c1-3-29(27,28)25-12-10-17(11-13-25)20-19(9-4-15(2)24-20)21(26)23-14-16-5-7-18(22)8-6-16/h4-9,17H,3,10-14H2,1-2H3,(H,23,26). The maximum absolute atomic E-state index is 13.0. The molecule has 1 aromatic heterocycles. The molecule has 0 bridgehead atoms. The number of aromatic nitrogens is 1. The van der Waals surface area contributed by atoms with E-state index in [9.17, 15) is 17.6 Å². The second-order valence-corrected chi connectivity index (χ2v) is 9.53. The summed E-state index contributed by atoms with van der Waals surface area (Å²) < 4.78 is 38.7. The minimum Gasteiger partial charge on any atom is -0.348 e. The molecular formula is C21H26FN3O3S. The van der Waals surface area contributed by atoms with Gasteiger partial charge in [0.1, 0.15) is 5.82 Å². The number of aryl methyl sites for hydroxylation is 1. The summed E-state index contributed by atoms with van der Waals surface area (Å²) in [6.45, 7) is 4.69. The van der Waals surface area contributed by atoms with E-state index in [1.807, 2.05) is 6.92 Å². The number of rotatable bonds is 6. The van der Waals surface area contributed by atoms with Crippen LogP contribution in [0.4, 0.5) is 4.39 Å². The zero-order valence-electron chi connectivity index (χ0n) is 16.7. The van der Waals surface area contributed by atoms with Gasteiger partial charge in [-0.3, -0.25) is 9.78 Å². The molecule has 8 heteroatoms. The fourth-order valence-corrected chi connectivity index (χ4v) is 4.68. The van der Waals surface area contributed by atoms with Crippen molar-refractivity contribution in [1.29, 1.82) is 0 Å². The largest absolute Gasteiger partial charge is 0.348 e. The molecule has 1 aliphatic heterocycles. The minimum absolute atomic E-state index is 0.0322. The number of sulfonamides is 1. The molecule has 1 N–H and O–H groups in total. The van der Waals surface area contributed by atoms with E-state index in [4.69, 9.17) is 0 Å². The molecule has 2 heterocycles. The number of hydrogen-bond acceptors (Lipinski definition) is 4. The predicted molar refractivity (Wildman–Crippen MR) is 110 cm³/mol. The number of amides is 1. The quantitative estimate of drug-likeness (QED) is 0.781. The maximum atomic E-state index is 13.0. The van der Waals surface area contributed by atoms with Crippen molar-refractivity contribution in [1.82, 2.24) is 14.6 Å². The number of nitrogens with one attached hydrogen (secondary N) is 1.